The standard InChI is InChI=1S/C22H28N2O2.ClH/c1-17-5-3-7-19(13-17)16-26-21-8-4-6-18(14-21)15-22(25)24-11-9-20(23-2)10-12-24;/h3-8,13-14,20,23H,9-12,15-16H2,1-2H3;1H. The molecule has 1 heterocycles. The lowest BCUT2D eigenvalue weighted by Gasteiger charge is -2.32. The number of carbonyl (C=O) groups is 1. The van der Waals surface area contributed by atoms with Crippen LogP contribution in [-0.4, -0.2) is 37.0 Å². The molecule has 1 amide bonds. The van der Waals surface area contributed by atoms with Crippen LogP contribution in [0.15, 0.2) is 48.5 Å². The largest absolute Gasteiger partial charge is 0.489 e. The maximum atomic E-state index is 12.6. The third-order valence-corrected chi connectivity index (χ3v) is 5.00. The summed E-state index contributed by atoms with van der Waals surface area (Å²) < 4.78 is 5.91. The topological polar surface area (TPSA) is 41.6 Å². The van der Waals surface area contributed by atoms with Crippen LogP contribution >= 0.6 is 12.4 Å². The van der Waals surface area contributed by atoms with Crippen LogP contribution in [0.3, 0.4) is 0 Å². The lowest BCUT2D eigenvalue weighted by Crippen LogP contribution is -2.44. The van der Waals surface area contributed by atoms with Gasteiger partial charge in [0.15, 0.2) is 0 Å². The molecule has 4 nitrogen and oxygen atoms in total. The average Bonchev–Trinajstić information content (AvgIpc) is 2.67. The minimum atomic E-state index is 0. The second kappa shape index (κ2) is 10.3. The molecule has 0 aliphatic carbocycles. The van der Waals surface area contributed by atoms with E-state index in [-0.39, 0.29) is 18.3 Å². The number of likely N-dealkylation sites (tertiary alicyclic amines) is 1. The van der Waals surface area contributed by atoms with Crippen molar-refractivity contribution in [2.45, 2.75) is 38.8 Å². The van der Waals surface area contributed by atoms with Crippen molar-refractivity contribution >= 4 is 18.3 Å². The van der Waals surface area contributed by atoms with Crippen molar-refractivity contribution in [2.24, 2.45) is 0 Å². The van der Waals surface area contributed by atoms with Crippen molar-refractivity contribution in [3.05, 3.63) is 65.2 Å². The molecule has 146 valence electrons. The first kappa shape index (κ1) is 21.3. The molecule has 0 unspecified atom stereocenters. The molecule has 1 fully saturated rings. The summed E-state index contributed by atoms with van der Waals surface area (Å²) in [6, 6.07) is 16.7. The first-order valence-corrected chi connectivity index (χ1v) is 9.36. The fraction of sp³-hybridized carbons (Fsp3) is 0.409. The van der Waals surface area contributed by atoms with Gasteiger partial charge in [-0.3, -0.25) is 4.79 Å². The number of carbonyl (C=O) groups excluding carboxylic acids is 1. The molecule has 5 heteroatoms. The Morgan fingerprint density at radius 3 is 2.52 bits per heavy atom. The lowest BCUT2D eigenvalue weighted by atomic mass is 10.0. The number of rotatable bonds is 6. The van der Waals surface area contributed by atoms with E-state index in [0.717, 1.165) is 42.8 Å². The SMILES string of the molecule is CNC1CCN(C(=O)Cc2cccc(OCc3cccc(C)c3)c2)CC1.Cl. The van der Waals surface area contributed by atoms with E-state index in [1.807, 2.05) is 42.3 Å². The van der Waals surface area contributed by atoms with E-state index >= 15 is 0 Å². The van der Waals surface area contributed by atoms with Crippen LogP contribution in [0.5, 0.6) is 5.75 Å². The summed E-state index contributed by atoms with van der Waals surface area (Å²) in [5, 5.41) is 3.30. The summed E-state index contributed by atoms with van der Waals surface area (Å²) in [4.78, 5) is 14.5. The van der Waals surface area contributed by atoms with Crippen LogP contribution in [0, 0.1) is 6.92 Å². The number of hydrogen-bond donors (Lipinski definition) is 1. The maximum absolute atomic E-state index is 12.6. The van der Waals surface area contributed by atoms with Gasteiger partial charge in [0.05, 0.1) is 6.42 Å². The zero-order valence-electron chi connectivity index (χ0n) is 16.1. The Bertz CT molecular complexity index is 743. The fourth-order valence-electron chi connectivity index (χ4n) is 3.42. The van der Waals surface area contributed by atoms with Gasteiger partial charge in [-0.2, -0.15) is 0 Å². The Balaban J connectivity index is 0.00000261. The predicted molar refractivity (Wildman–Crippen MR) is 112 cm³/mol. The van der Waals surface area contributed by atoms with E-state index in [1.165, 1.54) is 5.56 Å². The smallest absolute Gasteiger partial charge is 0.226 e. The van der Waals surface area contributed by atoms with Gasteiger partial charge in [0.2, 0.25) is 5.91 Å². The molecule has 2 aromatic rings. The van der Waals surface area contributed by atoms with Gasteiger partial charge in [-0.1, -0.05) is 42.0 Å². The summed E-state index contributed by atoms with van der Waals surface area (Å²) in [6.45, 7) is 4.30. The van der Waals surface area contributed by atoms with E-state index in [1.54, 1.807) is 0 Å². The minimum Gasteiger partial charge on any atom is -0.489 e. The van der Waals surface area contributed by atoms with Gasteiger partial charge in [0.1, 0.15) is 12.4 Å². The van der Waals surface area contributed by atoms with Crippen molar-refractivity contribution in [1.29, 1.82) is 0 Å². The van der Waals surface area contributed by atoms with E-state index in [4.69, 9.17) is 4.74 Å². The van der Waals surface area contributed by atoms with Crippen LogP contribution in [0.4, 0.5) is 0 Å². The summed E-state index contributed by atoms with van der Waals surface area (Å²) in [5.41, 5.74) is 3.39. The number of nitrogens with one attached hydrogen (secondary N) is 1. The Morgan fingerprint density at radius 1 is 1.11 bits per heavy atom. The molecule has 1 aliphatic heterocycles. The van der Waals surface area contributed by atoms with Crippen LogP contribution in [0.25, 0.3) is 0 Å². The highest BCUT2D eigenvalue weighted by atomic mass is 35.5. The number of benzene rings is 2. The quantitative estimate of drug-likeness (QED) is 0.819. The number of aryl methyl sites for hydroxylation is 1. The van der Waals surface area contributed by atoms with Gasteiger partial charge < -0.3 is 15.0 Å². The number of nitrogens with zero attached hydrogens (tertiary/aromatic N) is 1. The first-order chi connectivity index (χ1) is 12.6. The lowest BCUT2D eigenvalue weighted by molar-refractivity contribution is -0.131. The molecule has 0 atom stereocenters. The maximum Gasteiger partial charge on any atom is 0.226 e. The van der Waals surface area contributed by atoms with Crippen LogP contribution < -0.4 is 10.1 Å². The van der Waals surface area contributed by atoms with Gasteiger partial charge in [-0.15, -0.1) is 12.4 Å². The molecule has 0 aromatic heterocycles. The third kappa shape index (κ3) is 6.26. The van der Waals surface area contributed by atoms with Crippen molar-refractivity contribution in [2.75, 3.05) is 20.1 Å². The zero-order chi connectivity index (χ0) is 18.4. The van der Waals surface area contributed by atoms with Crippen molar-refractivity contribution in [1.82, 2.24) is 10.2 Å². The predicted octanol–water partition coefficient (Wildman–Crippen LogP) is 3.75. The molecule has 0 bridgehead atoms. The van der Waals surface area contributed by atoms with Gasteiger partial charge in [0.25, 0.3) is 0 Å². The highest BCUT2D eigenvalue weighted by Gasteiger charge is 2.21. The monoisotopic (exact) mass is 388 g/mol. The second-order valence-corrected chi connectivity index (χ2v) is 7.05. The van der Waals surface area contributed by atoms with E-state index in [9.17, 15) is 4.79 Å². The molecule has 2 aromatic carbocycles. The number of halogens is 1. The Morgan fingerprint density at radius 2 is 1.81 bits per heavy atom. The number of ether oxygens (including phenoxy) is 1. The third-order valence-electron chi connectivity index (χ3n) is 5.00. The molecule has 1 aliphatic rings. The van der Waals surface area contributed by atoms with Crippen LogP contribution in [-0.2, 0) is 17.8 Å². The van der Waals surface area contributed by atoms with Gasteiger partial charge in [0, 0.05) is 19.1 Å². The minimum absolute atomic E-state index is 0. The number of hydrogen-bond acceptors (Lipinski definition) is 3. The summed E-state index contributed by atoms with van der Waals surface area (Å²) in [6.07, 6.45) is 2.50. The van der Waals surface area contributed by atoms with Gasteiger partial charge >= 0.3 is 0 Å². The molecule has 27 heavy (non-hydrogen) atoms. The summed E-state index contributed by atoms with van der Waals surface area (Å²) in [7, 11) is 1.99. The highest BCUT2D eigenvalue weighted by Crippen LogP contribution is 2.18. The van der Waals surface area contributed by atoms with E-state index < -0.39 is 0 Å². The molecule has 0 spiro atoms. The zero-order valence-corrected chi connectivity index (χ0v) is 16.9. The Hall–Kier alpha value is -2.04. The van der Waals surface area contributed by atoms with Crippen LogP contribution in [0.1, 0.15) is 29.5 Å². The molecular formula is C22H29ClN2O2. The average molecular weight is 389 g/mol. The van der Waals surface area contributed by atoms with E-state index in [0.29, 0.717) is 19.1 Å². The van der Waals surface area contributed by atoms with Crippen LogP contribution in [0.2, 0.25) is 0 Å². The van der Waals surface area contributed by atoms with Crippen molar-refractivity contribution < 1.29 is 9.53 Å². The second-order valence-electron chi connectivity index (χ2n) is 7.05. The van der Waals surface area contributed by atoms with Crippen molar-refractivity contribution in [3.8, 4) is 5.75 Å². The first-order valence-electron chi connectivity index (χ1n) is 9.36. The molecule has 3 rings (SSSR count). The molecular weight excluding hydrogens is 360 g/mol. The molecule has 1 N–H and O–H groups in total. The van der Waals surface area contributed by atoms with E-state index in [2.05, 4.69) is 30.4 Å². The molecule has 0 saturated carbocycles. The van der Waals surface area contributed by atoms with Crippen molar-refractivity contribution in [3.63, 3.8) is 0 Å². The van der Waals surface area contributed by atoms with Gasteiger partial charge in [-0.05, 0) is 50.1 Å². The Labute approximate surface area is 168 Å². The number of amides is 1. The number of piperidine rings is 1. The molecule has 0 radical (unpaired) electrons. The molecule has 1 saturated heterocycles. The fourth-order valence-corrected chi connectivity index (χ4v) is 3.42. The Kier molecular flexibility index (Phi) is 8.14. The highest BCUT2D eigenvalue weighted by molar-refractivity contribution is 5.85. The summed E-state index contributed by atoms with van der Waals surface area (Å²) >= 11 is 0. The normalized spacial score (nSPS) is 14.5. The van der Waals surface area contributed by atoms with Gasteiger partial charge in [-0.25, -0.2) is 0 Å². The summed E-state index contributed by atoms with van der Waals surface area (Å²) in [5.74, 6) is 1.01.